The summed E-state index contributed by atoms with van der Waals surface area (Å²) >= 11 is 0. The SMILES string of the molecule is C=CCOc1ccc(C2(c3ccccc3)c3cc(-c4ccccc4)ccc3-c3ccc(N(c4ccc(-c5ccc(N(c6cccc(F)c6)c6ccc7c(c6)C(c6ccccc6)(c6ccc(OCC=C)cc6)c6cc(-c8ccccc8)ccc6-7)cc5)cc4)c4cccc(F)c4)cc32)cc1. The van der Waals surface area contributed by atoms with E-state index in [1.165, 1.54) is 12.1 Å². The number of hydrogen-bond acceptors (Lipinski definition) is 4. The molecule has 0 saturated heterocycles. The second-order valence-corrected chi connectivity index (χ2v) is 24.9. The predicted octanol–water partition coefficient (Wildman–Crippen LogP) is 23.8. The molecule has 0 N–H and O–H groups in total. The quantitative estimate of drug-likeness (QED) is 0.0754. The van der Waals surface area contributed by atoms with Gasteiger partial charge in [-0.15, -0.1) is 0 Å². The van der Waals surface area contributed by atoms with Crippen molar-refractivity contribution in [3.05, 3.63) is 421 Å². The largest absolute Gasteiger partial charge is 0.490 e. The molecule has 2 atom stereocenters. The molecule has 0 aromatic heterocycles. The molecule has 0 saturated carbocycles. The summed E-state index contributed by atoms with van der Waals surface area (Å²) in [5, 5.41) is 0. The second kappa shape index (κ2) is 25.7. The van der Waals surface area contributed by atoms with Crippen LogP contribution in [0.1, 0.15) is 44.5 Å². The number of nitrogens with zero attached hydrogens (tertiary/aromatic N) is 2. The number of ether oxygens (including phenoxy) is 2. The van der Waals surface area contributed by atoms with Crippen molar-refractivity contribution in [1.82, 2.24) is 0 Å². The Bertz CT molecular complexity index is 4920. The van der Waals surface area contributed by atoms with Crippen molar-refractivity contribution in [3.63, 3.8) is 0 Å². The van der Waals surface area contributed by atoms with Gasteiger partial charge in [0.1, 0.15) is 36.3 Å². The van der Waals surface area contributed by atoms with Crippen LogP contribution in [-0.4, -0.2) is 13.2 Å². The Balaban J connectivity index is 0.794. The number of anilines is 6. The van der Waals surface area contributed by atoms with Crippen LogP contribution in [0.25, 0.3) is 55.6 Å². The maximum atomic E-state index is 15.8. The van der Waals surface area contributed by atoms with Crippen LogP contribution in [0.3, 0.4) is 0 Å². The zero-order chi connectivity index (χ0) is 66.2. The molecule has 16 rings (SSSR count). The highest BCUT2D eigenvalue weighted by Gasteiger charge is 2.48. The lowest BCUT2D eigenvalue weighted by atomic mass is 9.67. The van der Waals surface area contributed by atoms with Crippen molar-refractivity contribution in [3.8, 4) is 67.1 Å². The predicted molar refractivity (Wildman–Crippen MR) is 398 cm³/mol. The van der Waals surface area contributed by atoms with Crippen LogP contribution in [0, 0.1) is 11.6 Å². The molecule has 0 radical (unpaired) electrons. The van der Waals surface area contributed by atoms with Gasteiger partial charge >= 0.3 is 0 Å². The molecule has 0 heterocycles. The Morgan fingerprint density at radius 2 is 0.561 bits per heavy atom. The molecule has 4 nitrogen and oxygen atoms in total. The van der Waals surface area contributed by atoms with Gasteiger partial charge in [-0.25, -0.2) is 8.78 Å². The highest BCUT2D eigenvalue weighted by Crippen LogP contribution is 2.60. The molecule has 2 aliphatic rings. The summed E-state index contributed by atoms with van der Waals surface area (Å²) in [7, 11) is 0. The van der Waals surface area contributed by atoms with Gasteiger partial charge in [-0.3, -0.25) is 0 Å². The highest BCUT2D eigenvalue weighted by molar-refractivity contribution is 5.94. The monoisotopic (exact) mass is 1270 g/mol. The number of benzene rings is 14. The second-order valence-electron chi connectivity index (χ2n) is 24.9. The van der Waals surface area contributed by atoms with Gasteiger partial charge in [-0.2, -0.15) is 0 Å². The average Bonchev–Trinajstić information content (AvgIpc) is 1.53. The Hall–Kier alpha value is -12.4. The third-order valence-electron chi connectivity index (χ3n) is 19.4. The molecule has 14 aromatic rings. The molecule has 0 fully saturated rings. The fourth-order valence-electron chi connectivity index (χ4n) is 15.1. The molecule has 470 valence electrons. The molecule has 2 unspecified atom stereocenters. The maximum absolute atomic E-state index is 15.8. The molecular weight excluding hydrogens is 1200 g/mol. The number of hydrogen-bond donors (Lipinski definition) is 0. The van der Waals surface area contributed by atoms with E-state index in [0.29, 0.717) is 24.6 Å². The van der Waals surface area contributed by atoms with E-state index in [-0.39, 0.29) is 11.6 Å². The fraction of sp³-hybridized carbons (Fsp3) is 0.0435. The first-order valence-electron chi connectivity index (χ1n) is 33.1. The smallest absolute Gasteiger partial charge is 0.125 e. The first kappa shape index (κ1) is 60.6. The van der Waals surface area contributed by atoms with Gasteiger partial charge in [-0.05, 0) is 221 Å². The Morgan fingerprint density at radius 1 is 0.265 bits per heavy atom. The molecule has 98 heavy (non-hydrogen) atoms. The number of halogens is 2. The van der Waals surface area contributed by atoms with E-state index >= 15 is 8.78 Å². The zero-order valence-corrected chi connectivity index (χ0v) is 53.8. The number of rotatable bonds is 19. The van der Waals surface area contributed by atoms with Crippen molar-refractivity contribution in [2.75, 3.05) is 23.0 Å². The lowest BCUT2D eigenvalue weighted by Crippen LogP contribution is -2.29. The van der Waals surface area contributed by atoms with Crippen molar-refractivity contribution in [2.24, 2.45) is 0 Å². The molecule has 0 spiro atoms. The minimum atomic E-state index is -0.780. The molecule has 0 aliphatic heterocycles. The van der Waals surface area contributed by atoms with Crippen LogP contribution in [0.5, 0.6) is 11.5 Å². The van der Waals surface area contributed by atoms with Crippen LogP contribution >= 0.6 is 0 Å². The molecule has 6 heteroatoms. The lowest BCUT2D eigenvalue weighted by molar-refractivity contribution is 0.363. The van der Waals surface area contributed by atoms with E-state index in [2.05, 4.69) is 314 Å². The standard InChI is InChI=1S/C92H66F2N2O2/c1-3-55-97-81-47-37-71(38-48-81)91(69-23-13-7-14-24-69)87-57-67(63-19-9-5-10-20-63)35-51-83(87)85-53-45-79(61-89(85)91)95(77-29-17-27-73(93)59-77)75-41-31-65(32-42-75)66-33-43-76(44-34-66)96(78-30-18-28-74(94)60-78)80-46-54-86-84-52-36-68(64-21-11-6-12-22-64)58-88(84)92(90(86)62-80,70-25-15-8-16-26-70)72-39-49-82(50-40-72)98-56-4-2/h3-54,57-62H,1-2,55-56H2. The van der Waals surface area contributed by atoms with Gasteiger partial charge < -0.3 is 19.3 Å². The maximum Gasteiger partial charge on any atom is 0.125 e. The first-order chi connectivity index (χ1) is 48.3. The minimum absolute atomic E-state index is 0.339. The van der Waals surface area contributed by atoms with Gasteiger partial charge in [0.2, 0.25) is 0 Å². The third-order valence-corrected chi connectivity index (χ3v) is 19.4. The van der Waals surface area contributed by atoms with Crippen LogP contribution < -0.4 is 19.3 Å². The normalized spacial score (nSPS) is 14.7. The van der Waals surface area contributed by atoms with Gasteiger partial charge in [0.05, 0.1) is 10.8 Å². The summed E-state index contributed by atoms with van der Waals surface area (Å²) in [4.78, 5) is 4.29. The highest BCUT2D eigenvalue weighted by atomic mass is 19.1. The van der Waals surface area contributed by atoms with Crippen molar-refractivity contribution in [1.29, 1.82) is 0 Å². The van der Waals surface area contributed by atoms with E-state index < -0.39 is 10.8 Å². The number of fused-ring (bicyclic) bond motifs is 6. The lowest BCUT2D eigenvalue weighted by Gasteiger charge is -2.35. The molecule has 0 bridgehead atoms. The van der Waals surface area contributed by atoms with E-state index in [9.17, 15) is 0 Å². The van der Waals surface area contributed by atoms with E-state index in [0.717, 1.165) is 134 Å². The average molecular weight is 1270 g/mol. The summed E-state index contributed by atoms with van der Waals surface area (Å²) in [6.07, 6.45) is 3.51. The summed E-state index contributed by atoms with van der Waals surface area (Å²) in [6, 6.07) is 117. The molecular formula is C92H66F2N2O2. The van der Waals surface area contributed by atoms with Gasteiger partial charge in [-0.1, -0.05) is 244 Å². The molecule has 2 aliphatic carbocycles. The fourth-order valence-corrected chi connectivity index (χ4v) is 15.1. The van der Waals surface area contributed by atoms with Gasteiger partial charge in [0.15, 0.2) is 0 Å². The summed E-state index contributed by atoms with van der Waals surface area (Å²) < 4.78 is 43.6. The van der Waals surface area contributed by atoms with Crippen molar-refractivity contribution < 1.29 is 18.3 Å². The third kappa shape index (κ3) is 10.6. The van der Waals surface area contributed by atoms with Crippen LogP contribution in [-0.2, 0) is 10.8 Å². The Labute approximate surface area is 571 Å². The van der Waals surface area contributed by atoms with Crippen LogP contribution in [0.15, 0.2) is 365 Å². The summed E-state index contributed by atoms with van der Waals surface area (Å²) in [5.41, 5.74) is 23.1. The van der Waals surface area contributed by atoms with E-state index in [1.54, 1.807) is 36.4 Å². The van der Waals surface area contributed by atoms with Gasteiger partial charge in [0.25, 0.3) is 0 Å². The summed E-state index contributed by atoms with van der Waals surface area (Å²) in [6.45, 7) is 8.56. The Morgan fingerprint density at radius 3 is 0.918 bits per heavy atom. The van der Waals surface area contributed by atoms with Gasteiger partial charge in [0, 0.05) is 34.1 Å². The molecule has 0 amide bonds. The summed E-state index contributed by atoms with van der Waals surface area (Å²) in [5.74, 6) is 0.832. The topological polar surface area (TPSA) is 24.9 Å². The van der Waals surface area contributed by atoms with E-state index in [4.69, 9.17) is 9.47 Å². The zero-order valence-electron chi connectivity index (χ0n) is 53.8. The van der Waals surface area contributed by atoms with E-state index in [1.807, 2.05) is 12.1 Å². The van der Waals surface area contributed by atoms with Crippen molar-refractivity contribution in [2.45, 2.75) is 10.8 Å². The Kier molecular flexibility index (Phi) is 15.9. The molecule has 14 aromatic carbocycles. The van der Waals surface area contributed by atoms with Crippen molar-refractivity contribution >= 4 is 34.1 Å². The first-order valence-corrected chi connectivity index (χ1v) is 33.1. The van der Waals surface area contributed by atoms with Crippen LogP contribution in [0.4, 0.5) is 42.9 Å². The minimum Gasteiger partial charge on any atom is -0.490 e. The van der Waals surface area contributed by atoms with Crippen LogP contribution in [0.2, 0.25) is 0 Å².